The highest BCUT2D eigenvalue weighted by Crippen LogP contribution is 2.37. The van der Waals surface area contributed by atoms with E-state index in [0.717, 1.165) is 0 Å². The van der Waals surface area contributed by atoms with Crippen LogP contribution in [0, 0.1) is 0 Å². The number of hydrogen-bond donors (Lipinski definition) is 0. The molecule has 2 unspecified atom stereocenters. The van der Waals surface area contributed by atoms with Gasteiger partial charge in [0.25, 0.3) is 0 Å². The summed E-state index contributed by atoms with van der Waals surface area (Å²) < 4.78 is 0. The summed E-state index contributed by atoms with van der Waals surface area (Å²) >= 11 is 0. The van der Waals surface area contributed by atoms with Gasteiger partial charge in [-0.1, -0.05) is 81.8 Å². The summed E-state index contributed by atoms with van der Waals surface area (Å²) in [6, 6.07) is 0. The Morgan fingerprint density at radius 1 is 0.533 bits per heavy atom. The van der Waals surface area contributed by atoms with Crippen LogP contribution in [-0.2, 0) is 0 Å². The molecule has 15 heavy (non-hydrogen) atoms. The molecule has 0 N–H and O–H groups in total. The molecule has 0 aromatic carbocycles. The van der Waals surface area contributed by atoms with E-state index in [9.17, 15) is 0 Å². The minimum Gasteiger partial charge on any atom is -0.0993 e. The predicted molar refractivity (Wildman–Crippen MR) is 79.3 cm³/mol. The van der Waals surface area contributed by atoms with Crippen LogP contribution in [0.2, 0.25) is 0 Å². The molecule has 0 amide bonds. The molecule has 0 aliphatic heterocycles. The van der Waals surface area contributed by atoms with Gasteiger partial charge in [-0.2, -0.15) is 0 Å². The van der Waals surface area contributed by atoms with E-state index in [1.807, 2.05) is 0 Å². The monoisotopic (exact) mass is 248 g/mol. The maximum Gasteiger partial charge on any atom is -0.0317 e. The first-order valence-corrected chi connectivity index (χ1v) is 10.3. The molecule has 0 spiro atoms. The molecule has 0 aliphatic rings. The second-order valence-electron chi connectivity index (χ2n) is 4.33. The van der Waals surface area contributed by atoms with Gasteiger partial charge in [0.1, 0.15) is 0 Å². The van der Waals surface area contributed by atoms with E-state index in [1.54, 1.807) is 0 Å². The molecule has 92 valence electrons. The summed E-state index contributed by atoms with van der Waals surface area (Å²) in [4.78, 5) is 0. The van der Waals surface area contributed by atoms with Crippen molar-refractivity contribution in [3.63, 3.8) is 0 Å². The quantitative estimate of drug-likeness (QED) is 0.302. The van der Waals surface area contributed by atoms with E-state index < -0.39 is 0 Å². The van der Waals surface area contributed by atoms with Gasteiger partial charge >= 0.3 is 0 Å². The average molecular weight is 248 g/mol. The zero-order chi connectivity index (χ0) is 11.2. The average Bonchev–Trinajstić information content (AvgIpc) is 2.26. The molecule has 2 atom stereocenters. The van der Waals surface area contributed by atoms with Crippen LogP contribution in [0.5, 0.6) is 0 Å². The van der Waals surface area contributed by atoms with Crippen molar-refractivity contribution in [3.8, 4) is 0 Å². The number of unbranched alkanes of at least 4 members (excludes halogenated alkanes) is 7. The van der Waals surface area contributed by atoms with Crippen molar-refractivity contribution < 1.29 is 0 Å². The zero-order valence-electron chi connectivity index (χ0n) is 10.8. The second-order valence-corrected chi connectivity index (χ2v) is 8.16. The van der Waals surface area contributed by atoms with Crippen molar-refractivity contribution >= 4 is 16.5 Å². The van der Waals surface area contributed by atoms with E-state index in [1.165, 1.54) is 86.6 Å². The van der Waals surface area contributed by atoms with Gasteiger partial charge in [-0.15, -0.1) is 0 Å². The number of rotatable bonds is 12. The smallest absolute Gasteiger partial charge is 0.0317 e. The Labute approximate surface area is 101 Å². The highest BCUT2D eigenvalue weighted by Gasteiger charge is 1.92. The van der Waals surface area contributed by atoms with Gasteiger partial charge in [-0.25, -0.2) is 0 Å². The predicted octanol–water partition coefficient (Wildman–Crippen LogP) is 5.81. The maximum absolute atomic E-state index is 2.30. The summed E-state index contributed by atoms with van der Waals surface area (Å²) in [5, 5.41) is 0. The first kappa shape index (κ1) is 15.9. The van der Waals surface area contributed by atoms with E-state index in [-0.39, 0.29) is 0 Å². The van der Waals surface area contributed by atoms with Gasteiger partial charge in [-0.3, -0.25) is 0 Å². The molecule has 0 aliphatic carbocycles. The fourth-order valence-corrected chi connectivity index (χ4v) is 5.02. The second kappa shape index (κ2) is 14.9. The SMILES string of the molecule is CCCCCCCCCCPPCCC. The molecule has 0 saturated heterocycles. The summed E-state index contributed by atoms with van der Waals surface area (Å²) in [6.07, 6.45) is 16.1. The number of hydrogen-bond acceptors (Lipinski definition) is 0. The third kappa shape index (κ3) is 14.9. The van der Waals surface area contributed by atoms with E-state index >= 15 is 0 Å². The fraction of sp³-hybridized carbons (Fsp3) is 1.00. The third-order valence-corrected chi connectivity index (χ3v) is 6.51. The summed E-state index contributed by atoms with van der Waals surface area (Å²) in [6.45, 7) is 4.59. The molecule has 0 nitrogen and oxygen atoms in total. The topological polar surface area (TPSA) is 0 Å². The molecule has 0 aromatic rings. The molecule has 0 fully saturated rings. The van der Waals surface area contributed by atoms with Gasteiger partial charge in [0, 0.05) is 0 Å². The summed E-state index contributed by atoms with van der Waals surface area (Å²) in [5.74, 6) is 0. The Bertz CT molecular complexity index is 92.7. The highest BCUT2D eigenvalue weighted by atomic mass is 32.0. The molecule has 2 heteroatoms. The van der Waals surface area contributed by atoms with Gasteiger partial charge in [0.05, 0.1) is 0 Å². The Kier molecular flexibility index (Phi) is 15.7. The molecular formula is C13H30P2. The molecular weight excluding hydrogens is 218 g/mol. The van der Waals surface area contributed by atoms with E-state index in [2.05, 4.69) is 13.8 Å². The molecule has 0 saturated carbocycles. The highest BCUT2D eigenvalue weighted by molar-refractivity contribution is 8.11. The van der Waals surface area contributed by atoms with Crippen molar-refractivity contribution in [2.75, 3.05) is 12.3 Å². The van der Waals surface area contributed by atoms with Crippen LogP contribution in [0.1, 0.15) is 71.6 Å². The lowest BCUT2D eigenvalue weighted by Gasteiger charge is -2.02. The normalized spacial score (nSPS) is 12.4. The molecule has 0 heterocycles. The van der Waals surface area contributed by atoms with E-state index in [4.69, 9.17) is 0 Å². The van der Waals surface area contributed by atoms with Crippen LogP contribution < -0.4 is 0 Å². The first-order chi connectivity index (χ1) is 7.41. The largest absolute Gasteiger partial charge is 0.0993 e. The molecule has 0 rings (SSSR count). The lowest BCUT2D eigenvalue weighted by atomic mass is 10.1. The summed E-state index contributed by atoms with van der Waals surface area (Å²) in [5.41, 5.74) is 0. The van der Waals surface area contributed by atoms with Crippen molar-refractivity contribution in [1.29, 1.82) is 0 Å². The van der Waals surface area contributed by atoms with Crippen LogP contribution in [0.25, 0.3) is 0 Å². The molecule has 0 bridgehead atoms. The Balaban J connectivity index is 2.81. The van der Waals surface area contributed by atoms with Crippen LogP contribution in [0.4, 0.5) is 0 Å². The molecule has 0 radical (unpaired) electrons. The third-order valence-electron chi connectivity index (χ3n) is 2.66. The van der Waals surface area contributed by atoms with Gasteiger partial charge in [-0.05, 0) is 18.7 Å². The lowest BCUT2D eigenvalue weighted by molar-refractivity contribution is 0.586. The van der Waals surface area contributed by atoms with Crippen molar-refractivity contribution in [1.82, 2.24) is 0 Å². The van der Waals surface area contributed by atoms with Gasteiger partial charge in [0.15, 0.2) is 0 Å². The zero-order valence-corrected chi connectivity index (χ0v) is 12.8. The Morgan fingerprint density at radius 3 is 1.67 bits per heavy atom. The van der Waals surface area contributed by atoms with Crippen molar-refractivity contribution in [2.24, 2.45) is 0 Å². The lowest BCUT2D eigenvalue weighted by Crippen LogP contribution is -1.81. The van der Waals surface area contributed by atoms with Gasteiger partial charge < -0.3 is 0 Å². The Hall–Kier alpha value is 0.860. The Morgan fingerprint density at radius 2 is 1.07 bits per heavy atom. The minimum atomic E-state index is 1.27. The minimum absolute atomic E-state index is 1.27. The van der Waals surface area contributed by atoms with Gasteiger partial charge in [0.2, 0.25) is 0 Å². The van der Waals surface area contributed by atoms with E-state index in [0.29, 0.717) is 0 Å². The van der Waals surface area contributed by atoms with Crippen molar-refractivity contribution in [3.05, 3.63) is 0 Å². The van der Waals surface area contributed by atoms with Crippen LogP contribution in [-0.4, -0.2) is 12.3 Å². The van der Waals surface area contributed by atoms with Crippen LogP contribution >= 0.6 is 16.5 Å². The van der Waals surface area contributed by atoms with Crippen LogP contribution in [0.3, 0.4) is 0 Å². The summed E-state index contributed by atoms with van der Waals surface area (Å²) in [7, 11) is 2.55. The maximum atomic E-state index is 2.30. The first-order valence-electron chi connectivity index (χ1n) is 6.87. The van der Waals surface area contributed by atoms with Crippen LogP contribution in [0.15, 0.2) is 0 Å². The standard InChI is InChI=1S/C13H30P2/c1-3-5-6-7-8-9-10-11-13-15-14-12-4-2/h14-15H,3-13H2,1-2H3. The molecule has 0 aromatic heterocycles. The van der Waals surface area contributed by atoms with Crippen molar-refractivity contribution in [2.45, 2.75) is 71.6 Å². The fourth-order valence-electron chi connectivity index (χ4n) is 1.65.